The van der Waals surface area contributed by atoms with Crippen molar-refractivity contribution in [1.29, 1.82) is 0 Å². The van der Waals surface area contributed by atoms with E-state index in [1.807, 2.05) is 6.07 Å². The first-order valence-electron chi connectivity index (χ1n) is 9.69. The summed E-state index contributed by atoms with van der Waals surface area (Å²) >= 11 is 0. The Kier molecular flexibility index (Phi) is 5.53. The van der Waals surface area contributed by atoms with Gasteiger partial charge in [-0.3, -0.25) is 0 Å². The molecule has 2 aromatic rings. The Morgan fingerprint density at radius 2 is 1.83 bits per heavy atom. The minimum Gasteiger partial charge on any atom is -0.377 e. The number of hydrogen-bond acceptors (Lipinski definition) is 7. The average molecular weight is 408 g/mol. The number of ether oxygens (including phenoxy) is 1. The molecule has 7 nitrogen and oxygen atoms in total. The van der Waals surface area contributed by atoms with E-state index in [0.717, 1.165) is 57.0 Å². The molecule has 0 amide bonds. The van der Waals surface area contributed by atoms with Crippen molar-refractivity contribution in [2.24, 2.45) is 0 Å². The van der Waals surface area contributed by atoms with E-state index < -0.39 is 11.9 Å². The lowest BCUT2D eigenvalue weighted by Crippen LogP contribution is -2.46. The predicted octanol–water partition coefficient (Wildman–Crippen LogP) is 3.07. The van der Waals surface area contributed by atoms with Crippen LogP contribution < -0.4 is 9.80 Å². The maximum absolute atomic E-state index is 13.1. The molecule has 0 unspecified atom stereocenters. The summed E-state index contributed by atoms with van der Waals surface area (Å²) in [5.74, 6) is 1.86. The molecule has 1 saturated heterocycles. The molecule has 156 valence electrons. The molecule has 2 aromatic heterocycles. The van der Waals surface area contributed by atoms with Gasteiger partial charge in [0.25, 0.3) is 0 Å². The predicted molar refractivity (Wildman–Crippen MR) is 101 cm³/mol. The van der Waals surface area contributed by atoms with Crippen LogP contribution in [0.5, 0.6) is 0 Å². The smallest absolute Gasteiger partial charge is 0.377 e. The molecular weight excluding hydrogens is 385 g/mol. The Bertz CT molecular complexity index is 837. The number of hydrogen-bond donors (Lipinski definition) is 0. The Morgan fingerprint density at radius 3 is 2.48 bits per heavy atom. The van der Waals surface area contributed by atoms with Crippen LogP contribution in [0.25, 0.3) is 0 Å². The summed E-state index contributed by atoms with van der Waals surface area (Å²) in [4.78, 5) is 20.5. The minimum absolute atomic E-state index is 0.148. The van der Waals surface area contributed by atoms with E-state index in [-0.39, 0.29) is 12.1 Å². The quantitative estimate of drug-likeness (QED) is 0.728. The largest absolute Gasteiger partial charge is 0.433 e. The highest BCUT2D eigenvalue weighted by Crippen LogP contribution is 2.37. The standard InChI is InChI=1S/C19H23F3N6O/c1-29-11-16-23-7-4-17(26-16)27-8-5-14(6-9-27)28(13-2-3-13)18-10-15(19(20,21)22)24-12-25-18/h4,7,10,12-14H,2-3,5-6,8-9,11H2,1H3. The Hall–Kier alpha value is -2.49. The first-order valence-corrected chi connectivity index (χ1v) is 9.69. The zero-order chi connectivity index (χ0) is 20.4. The minimum atomic E-state index is -4.47. The van der Waals surface area contributed by atoms with Gasteiger partial charge in [-0.15, -0.1) is 0 Å². The van der Waals surface area contributed by atoms with Crippen molar-refractivity contribution in [2.75, 3.05) is 30.0 Å². The van der Waals surface area contributed by atoms with E-state index >= 15 is 0 Å². The summed E-state index contributed by atoms with van der Waals surface area (Å²) in [5.41, 5.74) is -0.891. The van der Waals surface area contributed by atoms with Crippen LogP contribution in [-0.2, 0) is 17.5 Å². The van der Waals surface area contributed by atoms with Gasteiger partial charge in [-0.2, -0.15) is 13.2 Å². The second kappa shape index (κ2) is 8.10. The summed E-state index contributed by atoms with van der Waals surface area (Å²) in [6, 6.07) is 3.36. The van der Waals surface area contributed by atoms with E-state index in [9.17, 15) is 13.2 Å². The van der Waals surface area contributed by atoms with Gasteiger partial charge in [-0.25, -0.2) is 19.9 Å². The fourth-order valence-corrected chi connectivity index (χ4v) is 3.80. The Labute approximate surface area is 166 Å². The maximum Gasteiger partial charge on any atom is 0.433 e. The van der Waals surface area contributed by atoms with Crippen LogP contribution in [0, 0.1) is 0 Å². The molecule has 1 aliphatic carbocycles. The second-order valence-corrected chi connectivity index (χ2v) is 7.38. The molecule has 1 saturated carbocycles. The highest BCUT2D eigenvalue weighted by Gasteiger charge is 2.39. The van der Waals surface area contributed by atoms with Gasteiger partial charge in [0.05, 0.1) is 0 Å². The zero-order valence-corrected chi connectivity index (χ0v) is 16.1. The van der Waals surface area contributed by atoms with Crippen LogP contribution in [0.3, 0.4) is 0 Å². The number of halogens is 3. The van der Waals surface area contributed by atoms with Gasteiger partial charge in [-0.05, 0) is 31.7 Å². The van der Waals surface area contributed by atoms with Crippen LogP contribution in [0.4, 0.5) is 24.8 Å². The number of alkyl halides is 3. The molecule has 0 bridgehead atoms. The van der Waals surface area contributed by atoms with Gasteiger partial charge in [0.1, 0.15) is 30.3 Å². The Balaban J connectivity index is 1.47. The molecule has 2 aliphatic rings. The monoisotopic (exact) mass is 408 g/mol. The van der Waals surface area contributed by atoms with Crippen molar-refractivity contribution >= 4 is 11.6 Å². The fraction of sp³-hybridized carbons (Fsp3) is 0.579. The molecule has 10 heteroatoms. The zero-order valence-electron chi connectivity index (χ0n) is 16.1. The Morgan fingerprint density at radius 1 is 1.10 bits per heavy atom. The molecule has 0 N–H and O–H groups in total. The summed E-state index contributed by atoms with van der Waals surface area (Å²) in [6.07, 6.45) is 1.88. The average Bonchev–Trinajstić information content (AvgIpc) is 3.54. The molecular formula is C19H23F3N6O. The third-order valence-corrected chi connectivity index (χ3v) is 5.29. The first kappa shape index (κ1) is 19.8. The second-order valence-electron chi connectivity index (χ2n) is 7.38. The summed E-state index contributed by atoms with van der Waals surface area (Å²) in [7, 11) is 1.60. The number of anilines is 2. The van der Waals surface area contributed by atoms with Gasteiger partial charge >= 0.3 is 6.18 Å². The van der Waals surface area contributed by atoms with Crippen molar-refractivity contribution in [3.63, 3.8) is 0 Å². The van der Waals surface area contributed by atoms with Crippen LogP contribution in [0.15, 0.2) is 24.7 Å². The first-order chi connectivity index (χ1) is 14.0. The molecule has 2 fully saturated rings. The van der Waals surface area contributed by atoms with Gasteiger partial charge in [0.2, 0.25) is 0 Å². The van der Waals surface area contributed by atoms with Crippen molar-refractivity contribution in [3.8, 4) is 0 Å². The van der Waals surface area contributed by atoms with E-state index in [2.05, 4.69) is 29.7 Å². The third kappa shape index (κ3) is 4.58. The molecule has 3 heterocycles. The van der Waals surface area contributed by atoms with Crippen molar-refractivity contribution in [3.05, 3.63) is 36.2 Å². The number of rotatable bonds is 6. The lowest BCUT2D eigenvalue weighted by molar-refractivity contribution is -0.141. The van der Waals surface area contributed by atoms with Crippen molar-refractivity contribution < 1.29 is 17.9 Å². The molecule has 0 radical (unpaired) electrons. The van der Waals surface area contributed by atoms with Crippen LogP contribution in [-0.4, -0.2) is 52.2 Å². The van der Waals surface area contributed by atoms with E-state index in [0.29, 0.717) is 18.2 Å². The van der Waals surface area contributed by atoms with E-state index in [4.69, 9.17) is 4.74 Å². The number of nitrogens with zero attached hydrogens (tertiary/aromatic N) is 6. The molecule has 4 rings (SSSR count). The lowest BCUT2D eigenvalue weighted by atomic mass is 10.0. The summed E-state index contributed by atoms with van der Waals surface area (Å²) in [6.45, 7) is 1.90. The number of piperidine rings is 1. The van der Waals surface area contributed by atoms with Crippen molar-refractivity contribution in [2.45, 2.75) is 50.6 Å². The van der Waals surface area contributed by atoms with Gasteiger partial charge < -0.3 is 14.5 Å². The van der Waals surface area contributed by atoms with Crippen LogP contribution in [0.1, 0.15) is 37.2 Å². The maximum atomic E-state index is 13.1. The third-order valence-electron chi connectivity index (χ3n) is 5.29. The fourth-order valence-electron chi connectivity index (χ4n) is 3.80. The summed E-state index contributed by atoms with van der Waals surface area (Å²) in [5, 5.41) is 0. The molecule has 0 atom stereocenters. The molecule has 0 aromatic carbocycles. The van der Waals surface area contributed by atoms with E-state index in [1.165, 1.54) is 0 Å². The topological polar surface area (TPSA) is 67.3 Å². The SMILES string of the molecule is COCc1nccc(N2CCC(N(c3cc(C(F)(F)F)ncn3)C3CC3)CC2)n1. The van der Waals surface area contributed by atoms with Crippen LogP contribution >= 0.6 is 0 Å². The van der Waals surface area contributed by atoms with Crippen molar-refractivity contribution in [1.82, 2.24) is 19.9 Å². The van der Waals surface area contributed by atoms with E-state index in [1.54, 1.807) is 13.3 Å². The number of aromatic nitrogens is 4. The highest BCUT2D eigenvalue weighted by atomic mass is 19.4. The van der Waals surface area contributed by atoms with Gasteiger partial charge in [0, 0.05) is 44.5 Å². The normalized spacial score (nSPS) is 18.1. The molecule has 1 aliphatic heterocycles. The lowest BCUT2D eigenvalue weighted by Gasteiger charge is -2.40. The van der Waals surface area contributed by atoms with Gasteiger partial charge in [0.15, 0.2) is 5.82 Å². The van der Waals surface area contributed by atoms with Crippen LogP contribution in [0.2, 0.25) is 0 Å². The number of methoxy groups -OCH3 is 1. The summed E-state index contributed by atoms with van der Waals surface area (Å²) < 4.78 is 44.3. The molecule has 0 spiro atoms. The highest BCUT2D eigenvalue weighted by molar-refractivity contribution is 5.45. The van der Waals surface area contributed by atoms with Gasteiger partial charge in [-0.1, -0.05) is 0 Å². The molecule has 29 heavy (non-hydrogen) atoms.